The maximum atomic E-state index is 12.2. The van der Waals surface area contributed by atoms with Crippen LogP contribution in [-0.4, -0.2) is 36.1 Å². The summed E-state index contributed by atoms with van der Waals surface area (Å²) in [7, 11) is 0. The molecule has 1 unspecified atom stereocenters. The molecule has 1 aromatic heterocycles. The lowest BCUT2D eigenvalue weighted by Gasteiger charge is -2.44. The smallest absolute Gasteiger partial charge is 0.251 e. The minimum Gasteiger partial charge on any atom is -0.368 e. The number of fused-ring (bicyclic) bond motifs is 1. The van der Waals surface area contributed by atoms with Crippen LogP contribution in [0, 0.1) is 24.2 Å². The fourth-order valence-corrected chi connectivity index (χ4v) is 5.83. The van der Waals surface area contributed by atoms with Crippen LogP contribution in [0.15, 0.2) is 53.3 Å². The molecule has 0 radical (unpaired) electrons. The molecule has 170 valence electrons. The summed E-state index contributed by atoms with van der Waals surface area (Å²) in [6.45, 7) is 5.66. The number of aromatic amines is 1. The number of pyridine rings is 1. The Labute approximate surface area is 195 Å². The summed E-state index contributed by atoms with van der Waals surface area (Å²) in [5.41, 5.74) is 4.81. The molecule has 5 nitrogen and oxygen atoms in total. The first kappa shape index (κ1) is 21.7. The van der Waals surface area contributed by atoms with Crippen LogP contribution < -0.4 is 10.5 Å². The van der Waals surface area contributed by atoms with Crippen LogP contribution in [-0.2, 0) is 0 Å². The van der Waals surface area contributed by atoms with E-state index in [1.807, 2.05) is 31.2 Å². The minimum absolute atomic E-state index is 0.00126. The predicted molar refractivity (Wildman–Crippen MR) is 134 cm³/mol. The van der Waals surface area contributed by atoms with E-state index in [4.69, 9.17) is 0 Å². The number of benzene rings is 2. The fourth-order valence-electron chi connectivity index (χ4n) is 5.83. The van der Waals surface area contributed by atoms with E-state index in [1.165, 1.54) is 37.7 Å². The maximum absolute atomic E-state index is 12.2. The van der Waals surface area contributed by atoms with Crippen molar-refractivity contribution >= 4 is 16.6 Å². The number of nitrogens with zero attached hydrogens (tertiary/aromatic N) is 3. The second-order valence-corrected chi connectivity index (χ2v) is 9.62. The average Bonchev–Trinajstić information content (AvgIpc) is 2.86. The standard InChI is InChI=1S/C28H32N4O/c1-20-17-22-11-12-23(18-25(22)30-28(20)33)27(21-7-3-2-4-8-21)32-15-13-31(14-16-32)26-10-6-5-9-24(26)19-29/h5-6,9-12,17-18,21,27H,2-4,7-8,13-16H2,1H3,(H,30,33). The summed E-state index contributed by atoms with van der Waals surface area (Å²) in [6, 6.07) is 19.3. The normalized spacial score (nSPS) is 18.8. The van der Waals surface area contributed by atoms with Crippen molar-refractivity contribution in [3.63, 3.8) is 0 Å². The largest absolute Gasteiger partial charge is 0.368 e. The van der Waals surface area contributed by atoms with E-state index in [-0.39, 0.29) is 5.56 Å². The first-order valence-corrected chi connectivity index (χ1v) is 12.3. The van der Waals surface area contributed by atoms with Crippen molar-refractivity contribution in [1.82, 2.24) is 9.88 Å². The quantitative estimate of drug-likeness (QED) is 0.609. The molecule has 1 saturated heterocycles. The van der Waals surface area contributed by atoms with Gasteiger partial charge in [-0.1, -0.05) is 43.5 Å². The number of piperazine rings is 1. The third-order valence-corrected chi connectivity index (χ3v) is 7.57. The van der Waals surface area contributed by atoms with Crippen molar-refractivity contribution in [1.29, 1.82) is 5.26 Å². The van der Waals surface area contributed by atoms with Gasteiger partial charge in [-0.25, -0.2) is 0 Å². The van der Waals surface area contributed by atoms with Gasteiger partial charge in [0.1, 0.15) is 6.07 Å². The molecule has 2 heterocycles. The van der Waals surface area contributed by atoms with Gasteiger partial charge in [0.15, 0.2) is 0 Å². The summed E-state index contributed by atoms with van der Waals surface area (Å²) >= 11 is 0. The second kappa shape index (κ2) is 9.41. The van der Waals surface area contributed by atoms with Gasteiger partial charge in [0.2, 0.25) is 0 Å². The Morgan fingerprint density at radius 1 is 1.00 bits per heavy atom. The lowest BCUT2D eigenvalue weighted by molar-refractivity contribution is 0.110. The topological polar surface area (TPSA) is 63.1 Å². The molecule has 1 aliphatic heterocycles. The number of para-hydroxylation sites is 1. The number of rotatable bonds is 4. The third-order valence-electron chi connectivity index (χ3n) is 7.57. The molecular formula is C28H32N4O. The summed E-state index contributed by atoms with van der Waals surface area (Å²) in [5.74, 6) is 0.645. The van der Waals surface area contributed by atoms with Crippen molar-refractivity contribution in [3.05, 3.63) is 75.6 Å². The highest BCUT2D eigenvalue weighted by Gasteiger charge is 2.32. The second-order valence-electron chi connectivity index (χ2n) is 9.62. The van der Waals surface area contributed by atoms with E-state index >= 15 is 0 Å². The number of nitrogens with one attached hydrogen (secondary N) is 1. The number of nitriles is 1. The van der Waals surface area contributed by atoms with E-state index in [0.29, 0.717) is 12.0 Å². The van der Waals surface area contributed by atoms with E-state index in [9.17, 15) is 10.1 Å². The van der Waals surface area contributed by atoms with E-state index in [2.05, 4.69) is 45.1 Å². The number of aryl methyl sites for hydroxylation is 1. The average molecular weight is 441 g/mol. The zero-order chi connectivity index (χ0) is 22.8. The van der Waals surface area contributed by atoms with Crippen LogP contribution in [0.2, 0.25) is 0 Å². The number of aromatic nitrogens is 1. The Morgan fingerprint density at radius 3 is 2.52 bits per heavy atom. The number of anilines is 1. The lowest BCUT2D eigenvalue weighted by atomic mass is 9.80. The van der Waals surface area contributed by atoms with E-state index in [0.717, 1.165) is 53.9 Å². The summed E-state index contributed by atoms with van der Waals surface area (Å²) in [4.78, 5) is 20.3. The fraction of sp³-hybridized carbons (Fsp3) is 0.429. The highest BCUT2D eigenvalue weighted by atomic mass is 16.1. The molecule has 1 atom stereocenters. The lowest BCUT2D eigenvalue weighted by Crippen LogP contribution is -2.49. The zero-order valence-electron chi connectivity index (χ0n) is 19.4. The number of hydrogen-bond donors (Lipinski definition) is 1. The third kappa shape index (κ3) is 4.41. The molecule has 33 heavy (non-hydrogen) atoms. The van der Waals surface area contributed by atoms with Crippen molar-refractivity contribution in [2.24, 2.45) is 5.92 Å². The van der Waals surface area contributed by atoms with Crippen molar-refractivity contribution in [3.8, 4) is 6.07 Å². The van der Waals surface area contributed by atoms with E-state index < -0.39 is 0 Å². The Bertz CT molecular complexity index is 1230. The SMILES string of the molecule is Cc1cc2ccc(C(C3CCCCC3)N3CCN(c4ccccc4C#N)CC3)cc2[nH]c1=O. The van der Waals surface area contributed by atoms with Crippen molar-refractivity contribution in [2.75, 3.05) is 31.1 Å². The predicted octanol–water partition coefficient (Wildman–Crippen LogP) is 5.15. The Morgan fingerprint density at radius 2 is 1.76 bits per heavy atom. The molecule has 1 N–H and O–H groups in total. The summed E-state index contributed by atoms with van der Waals surface area (Å²) < 4.78 is 0. The molecule has 0 amide bonds. The maximum Gasteiger partial charge on any atom is 0.251 e. The Balaban J connectivity index is 1.43. The van der Waals surface area contributed by atoms with Gasteiger partial charge in [0.05, 0.1) is 11.3 Å². The minimum atomic E-state index is -0.00126. The monoisotopic (exact) mass is 440 g/mol. The zero-order valence-corrected chi connectivity index (χ0v) is 19.4. The molecule has 2 fully saturated rings. The van der Waals surface area contributed by atoms with Gasteiger partial charge < -0.3 is 9.88 Å². The number of hydrogen-bond acceptors (Lipinski definition) is 4. The Hall–Kier alpha value is -3.10. The summed E-state index contributed by atoms with van der Waals surface area (Å²) in [5, 5.41) is 10.6. The van der Waals surface area contributed by atoms with Gasteiger partial charge in [-0.3, -0.25) is 9.69 Å². The molecule has 2 aromatic carbocycles. The molecular weight excluding hydrogens is 408 g/mol. The molecule has 0 bridgehead atoms. The molecule has 5 rings (SSSR count). The first-order valence-electron chi connectivity index (χ1n) is 12.3. The van der Waals surface area contributed by atoms with Crippen LogP contribution in [0.1, 0.15) is 54.8 Å². The highest BCUT2D eigenvalue weighted by molar-refractivity contribution is 5.79. The molecule has 3 aromatic rings. The van der Waals surface area contributed by atoms with Gasteiger partial charge in [-0.2, -0.15) is 5.26 Å². The van der Waals surface area contributed by atoms with E-state index in [1.54, 1.807) is 0 Å². The molecule has 1 aliphatic carbocycles. The van der Waals surface area contributed by atoms with Crippen LogP contribution >= 0.6 is 0 Å². The molecule has 2 aliphatic rings. The van der Waals surface area contributed by atoms with Crippen molar-refractivity contribution in [2.45, 2.75) is 45.1 Å². The van der Waals surface area contributed by atoms with Gasteiger partial charge >= 0.3 is 0 Å². The van der Waals surface area contributed by atoms with Crippen molar-refractivity contribution < 1.29 is 0 Å². The number of H-pyrrole nitrogens is 1. The van der Waals surface area contributed by atoms with Crippen LogP contribution in [0.4, 0.5) is 5.69 Å². The van der Waals surface area contributed by atoms with Gasteiger partial charge in [0.25, 0.3) is 5.56 Å². The van der Waals surface area contributed by atoms with Gasteiger partial charge in [-0.15, -0.1) is 0 Å². The van der Waals surface area contributed by atoms with Crippen LogP contribution in [0.3, 0.4) is 0 Å². The van der Waals surface area contributed by atoms with Gasteiger partial charge in [0, 0.05) is 43.3 Å². The highest BCUT2D eigenvalue weighted by Crippen LogP contribution is 2.39. The van der Waals surface area contributed by atoms with Crippen LogP contribution in [0.5, 0.6) is 0 Å². The summed E-state index contributed by atoms with van der Waals surface area (Å²) in [6.07, 6.45) is 6.49. The molecule has 0 spiro atoms. The van der Waals surface area contributed by atoms with Crippen LogP contribution in [0.25, 0.3) is 10.9 Å². The molecule has 5 heteroatoms. The first-order chi connectivity index (χ1) is 16.1. The molecule has 1 saturated carbocycles. The van der Waals surface area contributed by atoms with Gasteiger partial charge in [-0.05, 0) is 60.9 Å². The Kier molecular flexibility index (Phi) is 6.20.